The van der Waals surface area contributed by atoms with Gasteiger partial charge < -0.3 is 5.11 Å². The summed E-state index contributed by atoms with van der Waals surface area (Å²) in [5.41, 5.74) is 0. The average Bonchev–Trinajstić information content (AvgIpc) is 2.13. The molecular weight excluding hydrogens is 221 g/mol. The molecule has 0 aromatic rings. The Balaban J connectivity index is 3.83. The minimum absolute atomic E-state index is 0.124. The first-order valence-corrected chi connectivity index (χ1v) is 5.66. The number of carboxylic acids is 1. The Kier molecular flexibility index (Phi) is 7.17. The first-order chi connectivity index (χ1) is 7.37. The van der Waals surface area contributed by atoms with E-state index in [4.69, 9.17) is 5.11 Å². The van der Waals surface area contributed by atoms with Gasteiger partial charge in [-0.25, -0.2) is 0 Å². The number of aliphatic carboxylic acids is 1. The van der Waals surface area contributed by atoms with Gasteiger partial charge in [-0.1, -0.05) is 39.0 Å². The molecule has 0 amide bonds. The molecule has 96 valence electrons. The van der Waals surface area contributed by atoms with Crippen LogP contribution in [0.3, 0.4) is 0 Å². The maximum atomic E-state index is 12.0. The summed E-state index contributed by atoms with van der Waals surface area (Å²) >= 11 is 0. The van der Waals surface area contributed by atoms with Gasteiger partial charge in [0.15, 0.2) is 0 Å². The number of alkyl halides is 3. The number of hydrogen-bond acceptors (Lipinski definition) is 1. The molecule has 0 aliphatic heterocycles. The van der Waals surface area contributed by atoms with E-state index < -0.39 is 24.5 Å². The summed E-state index contributed by atoms with van der Waals surface area (Å²) in [7, 11) is 0. The summed E-state index contributed by atoms with van der Waals surface area (Å²) < 4.78 is 36.1. The third-order valence-electron chi connectivity index (χ3n) is 2.48. The van der Waals surface area contributed by atoms with Crippen molar-refractivity contribution < 1.29 is 23.1 Å². The van der Waals surface area contributed by atoms with Crippen molar-refractivity contribution in [3.8, 4) is 0 Å². The molecule has 0 fully saturated rings. The minimum Gasteiger partial charge on any atom is -0.481 e. The van der Waals surface area contributed by atoms with Gasteiger partial charge in [-0.15, -0.1) is 0 Å². The largest absolute Gasteiger partial charge is 0.481 e. The highest BCUT2D eigenvalue weighted by Crippen LogP contribution is 2.28. The summed E-state index contributed by atoms with van der Waals surface area (Å²) in [5.74, 6) is -2.62. The standard InChI is InChI=1S/C11H19F3O2/c1-2-3-4-5-6-7-9(10(15)16)8-11(12,13)14/h9H,2-8H2,1H3,(H,15,16). The number of unbranched alkanes of at least 4 members (excludes halogenated alkanes) is 4. The van der Waals surface area contributed by atoms with Crippen molar-refractivity contribution in [1.82, 2.24) is 0 Å². The van der Waals surface area contributed by atoms with Crippen molar-refractivity contribution in [2.75, 3.05) is 0 Å². The van der Waals surface area contributed by atoms with Gasteiger partial charge in [0, 0.05) is 0 Å². The van der Waals surface area contributed by atoms with Gasteiger partial charge in [0.05, 0.1) is 12.3 Å². The molecule has 0 radical (unpaired) electrons. The molecule has 0 spiro atoms. The lowest BCUT2D eigenvalue weighted by Crippen LogP contribution is -2.22. The maximum absolute atomic E-state index is 12.0. The van der Waals surface area contributed by atoms with Crippen LogP contribution < -0.4 is 0 Å². The van der Waals surface area contributed by atoms with Crippen LogP contribution in [0.1, 0.15) is 51.9 Å². The second-order valence-electron chi connectivity index (χ2n) is 4.06. The molecule has 0 aliphatic rings. The summed E-state index contributed by atoms with van der Waals surface area (Å²) in [6.45, 7) is 2.05. The van der Waals surface area contributed by atoms with Crippen LogP contribution in [0.5, 0.6) is 0 Å². The second kappa shape index (κ2) is 7.52. The summed E-state index contributed by atoms with van der Waals surface area (Å²) in [4.78, 5) is 10.6. The molecule has 5 heteroatoms. The lowest BCUT2D eigenvalue weighted by atomic mass is 9.97. The third-order valence-corrected chi connectivity index (χ3v) is 2.48. The van der Waals surface area contributed by atoms with Crippen LogP contribution in [0.25, 0.3) is 0 Å². The number of halogens is 3. The Morgan fingerprint density at radius 3 is 2.19 bits per heavy atom. The highest BCUT2D eigenvalue weighted by atomic mass is 19.4. The van der Waals surface area contributed by atoms with E-state index in [2.05, 4.69) is 0 Å². The van der Waals surface area contributed by atoms with Gasteiger partial charge in [0.1, 0.15) is 0 Å². The molecule has 1 unspecified atom stereocenters. The number of hydrogen-bond donors (Lipinski definition) is 1. The van der Waals surface area contributed by atoms with Crippen LogP contribution in [-0.2, 0) is 4.79 Å². The normalized spacial score (nSPS) is 13.8. The zero-order chi connectivity index (χ0) is 12.6. The van der Waals surface area contributed by atoms with Crippen LogP contribution in [-0.4, -0.2) is 17.3 Å². The molecule has 0 aromatic heterocycles. The molecule has 16 heavy (non-hydrogen) atoms. The Labute approximate surface area is 93.8 Å². The zero-order valence-electron chi connectivity index (χ0n) is 9.52. The fourth-order valence-electron chi connectivity index (χ4n) is 1.59. The quantitative estimate of drug-likeness (QED) is 0.651. The Morgan fingerprint density at radius 2 is 1.75 bits per heavy atom. The van der Waals surface area contributed by atoms with Crippen molar-refractivity contribution in [1.29, 1.82) is 0 Å². The van der Waals surface area contributed by atoms with E-state index in [1.807, 2.05) is 6.92 Å². The van der Waals surface area contributed by atoms with E-state index in [9.17, 15) is 18.0 Å². The smallest absolute Gasteiger partial charge is 0.389 e. The highest BCUT2D eigenvalue weighted by molar-refractivity contribution is 5.69. The molecule has 1 N–H and O–H groups in total. The highest BCUT2D eigenvalue weighted by Gasteiger charge is 2.34. The Morgan fingerprint density at radius 1 is 1.19 bits per heavy atom. The molecular formula is C11H19F3O2. The number of carbonyl (C=O) groups is 1. The molecule has 0 rings (SSSR count). The fourth-order valence-corrected chi connectivity index (χ4v) is 1.59. The predicted molar refractivity (Wildman–Crippen MR) is 55.2 cm³/mol. The lowest BCUT2D eigenvalue weighted by molar-refractivity contribution is -0.164. The number of rotatable bonds is 8. The van der Waals surface area contributed by atoms with Gasteiger partial charge in [-0.05, 0) is 6.42 Å². The van der Waals surface area contributed by atoms with Crippen LogP contribution in [0.15, 0.2) is 0 Å². The molecule has 0 saturated carbocycles. The topological polar surface area (TPSA) is 37.3 Å². The molecule has 1 atom stereocenters. The van der Waals surface area contributed by atoms with Crippen LogP contribution in [0.4, 0.5) is 13.2 Å². The maximum Gasteiger partial charge on any atom is 0.389 e. The first-order valence-electron chi connectivity index (χ1n) is 5.66. The zero-order valence-corrected chi connectivity index (χ0v) is 9.52. The molecule has 0 bridgehead atoms. The molecule has 0 saturated heterocycles. The monoisotopic (exact) mass is 240 g/mol. The van der Waals surface area contributed by atoms with Gasteiger partial charge in [-0.3, -0.25) is 4.79 Å². The third kappa shape index (κ3) is 8.56. The second-order valence-corrected chi connectivity index (χ2v) is 4.06. The van der Waals surface area contributed by atoms with Crippen molar-refractivity contribution in [2.24, 2.45) is 5.92 Å². The van der Waals surface area contributed by atoms with E-state index in [-0.39, 0.29) is 6.42 Å². The summed E-state index contributed by atoms with van der Waals surface area (Å²) in [5, 5.41) is 8.64. The summed E-state index contributed by atoms with van der Waals surface area (Å²) in [6.07, 6.45) is -1.01. The van der Waals surface area contributed by atoms with Gasteiger partial charge >= 0.3 is 12.1 Å². The molecule has 2 nitrogen and oxygen atoms in total. The van der Waals surface area contributed by atoms with E-state index in [1.165, 1.54) is 0 Å². The molecule has 0 aromatic carbocycles. The Bertz CT molecular complexity index is 202. The molecule has 0 heterocycles. The van der Waals surface area contributed by atoms with Crippen LogP contribution >= 0.6 is 0 Å². The average molecular weight is 240 g/mol. The van der Waals surface area contributed by atoms with Crippen LogP contribution in [0.2, 0.25) is 0 Å². The van der Waals surface area contributed by atoms with Gasteiger partial charge in [0.25, 0.3) is 0 Å². The van der Waals surface area contributed by atoms with E-state index >= 15 is 0 Å². The van der Waals surface area contributed by atoms with Crippen molar-refractivity contribution in [3.63, 3.8) is 0 Å². The van der Waals surface area contributed by atoms with E-state index in [1.54, 1.807) is 0 Å². The fraction of sp³-hybridized carbons (Fsp3) is 0.909. The lowest BCUT2D eigenvalue weighted by Gasteiger charge is -2.14. The van der Waals surface area contributed by atoms with Gasteiger partial charge in [0.2, 0.25) is 0 Å². The van der Waals surface area contributed by atoms with Crippen molar-refractivity contribution in [3.05, 3.63) is 0 Å². The Hall–Kier alpha value is -0.740. The first kappa shape index (κ1) is 15.3. The van der Waals surface area contributed by atoms with E-state index in [0.717, 1.165) is 25.7 Å². The SMILES string of the molecule is CCCCCCCC(CC(F)(F)F)C(=O)O. The van der Waals surface area contributed by atoms with Crippen molar-refractivity contribution in [2.45, 2.75) is 58.0 Å². The minimum atomic E-state index is -4.38. The number of carboxylic acid groups (broad SMARTS) is 1. The summed E-state index contributed by atoms with van der Waals surface area (Å²) in [6, 6.07) is 0. The predicted octanol–water partition coefficient (Wildman–Crippen LogP) is 4.00. The van der Waals surface area contributed by atoms with E-state index in [0.29, 0.717) is 6.42 Å². The van der Waals surface area contributed by atoms with Crippen LogP contribution in [0, 0.1) is 5.92 Å². The van der Waals surface area contributed by atoms with Crippen molar-refractivity contribution >= 4 is 5.97 Å². The molecule has 0 aliphatic carbocycles. The van der Waals surface area contributed by atoms with Gasteiger partial charge in [-0.2, -0.15) is 13.2 Å².